The van der Waals surface area contributed by atoms with E-state index >= 15 is 0 Å². The predicted octanol–water partition coefficient (Wildman–Crippen LogP) is 3.81. The Morgan fingerprint density at radius 2 is 1.54 bits per heavy atom. The molecule has 0 aromatic rings. The molecule has 0 bridgehead atoms. The van der Waals surface area contributed by atoms with Gasteiger partial charge in [0.1, 0.15) is 4.91 Å². The van der Waals surface area contributed by atoms with Gasteiger partial charge in [-0.05, 0) is 57.1 Å². The van der Waals surface area contributed by atoms with Crippen molar-refractivity contribution in [3.8, 4) is 0 Å². The van der Waals surface area contributed by atoms with Gasteiger partial charge in [-0.15, -0.1) is 0 Å². The molecule has 0 aliphatic carbocycles. The highest BCUT2D eigenvalue weighted by Gasteiger charge is 2.27. The molecule has 0 saturated heterocycles. The van der Waals surface area contributed by atoms with Crippen LogP contribution in [0.5, 0.6) is 0 Å². The first kappa shape index (κ1) is 31.6. The zero-order chi connectivity index (χ0) is 27.8. The van der Waals surface area contributed by atoms with Gasteiger partial charge in [-0.25, -0.2) is 0 Å². The molecule has 9 heteroatoms. The third-order valence-electron chi connectivity index (χ3n) is 6.92. The third-order valence-corrected chi connectivity index (χ3v) is 10.3. The molecular formula is C28H42O7S2. The Bertz CT molecular complexity index is 1060. The van der Waals surface area contributed by atoms with Gasteiger partial charge in [0.15, 0.2) is 11.6 Å². The molecular weight excluding hydrogens is 512 g/mol. The fourth-order valence-corrected chi connectivity index (χ4v) is 7.24. The van der Waals surface area contributed by atoms with E-state index in [0.717, 1.165) is 19.3 Å². The number of thiol groups is 2. The lowest BCUT2D eigenvalue weighted by Gasteiger charge is -2.22. The molecule has 2 rings (SSSR count). The second-order valence-electron chi connectivity index (χ2n) is 11.4. The molecule has 208 valence electrons. The number of hydrogen-bond acceptors (Lipinski definition) is 6. The highest BCUT2D eigenvalue weighted by atomic mass is 32.2. The zero-order valence-corrected chi connectivity index (χ0v) is 24.2. The van der Waals surface area contributed by atoms with E-state index in [-0.39, 0.29) is 36.4 Å². The van der Waals surface area contributed by atoms with Crippen molar-refractivity contribution >= 4 is 48.8 Å². The molecule has 2 aliphatic rings. The second-order valence-corrected chi connectivity index (χ2v) is 14.9. The lowest BCUT2D eigenvalue weighted by molar-refractivity contribution is -0.147. The maximum absolute atomic E-state index is 13.1. The van der Waals surface area contributed by atoms with Gasteiger partial charge in [-0.2, -0.15) is 21.5 Å². The van der Waals surface area contributed by atoms with Gasteiger partial charge in [-0.1, -0.05) is 26.7 Å². The van der Waals surface area contributed by atoms with Gasteiger partial charge in [0.25, 0.3) is 0 Å². The number of unbranched alkanes of at least 4 members (excludes halogenated alkanes) is 2. The first-order valence-electron chi connectivity index (χ1n) is 12.9. The fourth-order valence-electron chi connectivity index (χ4n) is 4.24. The van der Waals surface area contributed by atoms with Crippen molar-refractivity contribution in [1.82, 2.24) is 0 Å². The molecule has 0 aromatic heterocycles. The Labute approximate surface area is 225 Å². The standard InChI is InChI=1S/C28H42O7S2/c1-27(2,19-29)13-7-5-9-22-15-20(30)17-24(36(22)34)11-12-25-18-21(31)16-23(37(25)35)10-6-8-14-28(3,4)26(32)33/h11-12,15,18,29,36-37H,5-10,13-14,16-17,19H2,1-4H3,(H-2,31,32,33,34,35). The number of rotatable bonds is 14. The Balaban J connectivity index is 2.05. The van der Waals surface area contributed by atoms with Crippen molar-refractivity contribution in [3.63, 3.8) is 0 Å². The average Bonchev–Trinajstić information content (AvgIpc) is 2.82. The summed E-state index contributed by atoms with van der Waals surface area (Å²) in [4.78, 5) is 38.0. The van der Waals surface area contributed by atoms with Crippen LogP contribution in [0, 0.1) is 10.8 Å². The minimum absolute atomic E-state index is 0.0424. The molecule has 0 amide bonds. The quantitative estimate of drug-likeness (QED) is 0.109. The number of carbonyl (C=O) groups is 3. The Morgan fingerprint density at radius 1 is 0.919 bits per heavy atom. The van der Waals surface area contributed by atoms with Gasteiger partial charge in [0, 0.05) is 31.6 Å². The summed E-state index contributed by atoms with van der Waals surface area (Å²) in [5.41, 5.74) is -0.983. The number of ketones is 2. The maximum atomic E-state index is 13.1. The van der Waals surface area contributed by atoms with E-state index in [2.05, 4.69) is 0 Å². The normalized spacial score (nSPS) is 21.5. The smallest absolute Gasteiger partial charge is 0.309 e. The molecule has 0 spiro atoms. The van der Waals surface area contributed by atoms with Crippen LogP contribution in [0.15, 0.2) is 34.1 Å². The number of carbonyl (C=O) groups excluding carboxylic acids is 2. The summed E-state index contributed by atoms with van der Waals surface area (Å²) in [5, 5.41) is 18.6. The summed E-state index contributed by atoms with van der Waals surface area (Å²) in [6, 6.07) is 0. The number of carboxylic acid groups (broad SMARTS) is 1. The van der Waals surface area contributed by atoms with Crippen LogP contribution in [0.4, 0.5) is 0 Å². The summed E-state index contributed by atoms with van der Waals surface area (Å²) in [6.07, 6.45) is 11.5. The van der Waals surface area contributed by atoms with Gasteiger partial charge in [-0.3, -0.25) is 14.4 Å². The van der Waals surface area contributed by atoms with Crippen LogP contribution in [-0.2, 0) is 35.9 Å². The summed E-state index contributed by atoms with van der Waals surface area (Å²) in [5.74, 6) is -1.11. The van der Waals surface area contributed by atoms with Crippen LogP contribution in [0.2, 0.25) is 0 Å². The van der Waals surface area contributed by atoms with Gasteiger partial charge >= 0.3 is 5.97 Å². The van der Waals surface area contributed by atoms with Crippen molar-refractivity contribution in [1.29, 1.82) is 0 Å². The van der Waals surface area contributed by atoms with Crippen molar-refractivity contribution in [2.45, 2.75) is 91.9 Å². The molecule has 0 aromatic carbocycles. The van der Waals surface area contributed by atoms with Gasteiger partial charge in [0.2, 0.25) is 0 Å². The number of allylic oxidation sites excluding steroid dienone is 5. The van der Waals surface area contributed by atoms with E-state index in [4.69, 9.17) is 0 Å². The molecule has 2 aliphatic heterocycles. The number of aliphatic hydroxyl groups is 1. The van der Waals surface area contributed by atoms with Crippen LogP contribution in [0.3, 0.4) is 0 Å². The van der Waals surface area contributed by atoms with Crippen LogP contribution < -0.4 is 0 Å². The SMILES string of the molecule is CC(C)(CO)CCCCC1=CC(=O)CC(/C=C/C2=CC(=O)CC(CCCCC(C)(C)C(=O)O)=[SH+]2[O-])=[SH+]1[O-]. The molecule has 2 atom stereocenters. The highest BCUT2D eigenvalue weighted by Crippen LogP contribution is 2.26. The molecule has 0 saturated carbocycles. The molecule has 7 nitrogen and oxygen atoms in total. The zero-order valence-electron chi connectivity index (χ0n) is 22.4. The number of hydrogen-bond donors (Lipinski definition) is 2. The van der Waals surface area contributed by atoms with E-state index in [1.54, 1.807) is 26.0 Å². The van der Waals surface area contributed by atoms with Gasteiger partial charge in [0.05, 0.1) is 32.9 Å². The number of aliphatic carboxylic acids is 1. The molecule has 37 heavy (non-hydrogen) atoms. The van der Waals surface area contributed by atoms with E-state index < -0.39 is 32.9 Å². The third kappa shape index (κ3) is 9.87. The molecule has 0 fully saturated rings. The lowest BCUT2D eigenvalue weighted by atomic mass is 9.87. The predicted molar refractivity (Wildman–Crippen MR) is 153 cm³/mol. The van der Waals surface area contributed by atoms with Crippen LogP contribution >= 0.6 is 0 Å². The Morgan fingerprint density at radius 3 is 2.19 bits per heavy atom. The molecule has 0 radical (unpaired) electrons. The van der Waals surface area contributed by atoms with E-state index in [1.807, 2.05) is 13.8 Å². The summed E-state index contributed by atoms with van der Waals surface area (Å²) >= 11 is 0. The lowest BCUT2D eigenvalue weighted by Crippen LogP contribution is -2.23. The van der Waals surface area contributed by atoms with E-state index in [9.17, 15) is 33.7 Å². The number of carboxylic acids is 1. The second kappa shape index (κ2) is 13.9. The van der Waals surface area contributed by atoms with Crippen molar-refractivity contribution < 1.29 is 33.7 Å². The summed E-state index contributed by atoms with van der Waals surface area (Å²) < 4.78 is 26.2. The first-order chi connectivity index (χ1) is 17.3. The number of aliphatic hydroxyl groups excluding tert-OH is 1. The van der Waals surface area contributed by atoms with Crippen molar-refractivity contribution in [3.05, 3.63) is 34.1 Å². The Kier molecular flexibility index (Phi) is 11.9. The van der Waals surface area contributed by atoms with Crippen molar-refractivity contribution in [2.75, 3.05) is 6.61 Å². The van der Waals surface area contributed by atoms with Crippen molar-refractivity contribution in [2.24, 2.45) is 10.8 Å². The topological polar surface area (TPSA) is 138 Å². The summed E-state index contributed by atoms with van der Waals surface area (Å²) in [6.45, 7) is 7.44. The molecule has 2 heterocycles. The maximum Gasteiger partial charge on any atom is 0.309 e. The minimum Gasteiger partial charge on any atom is -0.646 e. The molecule has 2 unspecified atom stereocenters. The van der Waals surface area contributed by atoms with E-state index in [1.165, 1.54) is 12.2 Å². The summed E-state index contributed by atoms with van der Waals surface area (Å²) in [7, 11) is -3.79. The fraction of sp³-hybridized carbons (Fsp3) is 0.607. The minimum atomic E-state index is -1.91. The first-order valence-corrected chi connectivity index (χ1v) is 15.4. The van der Waals surface area contributed by atoms with Gasteiger partial charge < -0.3 is 19.3 Å². The monoisotopic (exact) mass is 554 g/mol. The van der Waals surface area contributed by atoms with E-state index in [0.29, 0.717) is 51.6 Å². The Hall–Kier alpha value is -1.65. The largest absolute Gasteiger partial charge is 0.646 e. The van der Waals surface area contributed by atoms with Crippen LogP contribution in [-0.4, -0.2) is 53.2 Å². The van der Waals surface area contributed by atoms with Crippen LogP contribution in [0.1, 0.15) is 91.9 Å². The average molecular weight is 555 g/mol. The van der Waals surface area contributed by atoms with Crippen LogP contribution in [0.25, 0.3) is 0 Å². The highest BCUT2D eigenvalue weighted by molar-refractivity contribution is 7.95. The molecule has 2 N–H and O–H groups in total.